The number of furan rings is 1. The van der Waals surface area contributed by atoms with E-state index in [2.05, 4.69) is 17.3 Å². The van der Waals surface area contributed by atoms with E-state index in [0.717, 1.165) is 18.8 Å². The molecular weight excluding hydrogens is 212 g/mol. The summed E-state index contributed by atoms with van der Waals surface area (Å²) in [5.41, 5.74) is 0. The van der Waals surface area contributed by atoms with Crippen molar-refractivity contribution in [3.8, 4) is 0 Å². The summed E-state index contributed by atoms with van der Waals surface area (Å²) in [5.74, 6) is 1.02. The third-order valence-electron chi connectivity index (χ3n) is 2.93. The van der Waals surface area contributed by atoms with Crippen molar-refractivity contribution < 1.29 is 4.42 Å². The number of nitrogens with zero attached hydrogens (tertiary/aromatic N) is 1. The maximum atomic E-state index is 5.25. The predicted molar refractivity (Wildman–Crippen MR) is 63.3 cm³/mol. The van der Waals surface area contributed by atoms with Gasteiger partial charge in [0.15, 0.2) is 0 Å². The monoisotopic (exact) mass is 230 g/mol. The van der Waals surface area contributed by atoms with Gasteiger partial charge < -0.3 is 14.6 Å². The van der Waals surface area contributed by atoms with Gasteiger partial charge in [-0.25, -0.2) is 0 Å². The summed E-state index contributed by atoms with van der Waals surface area (Å²) in [6.07, 6.45) is 4.38. The highest BCUT2D eigenvalue weighted by Gasteiger charge is 2.19. The lowest BCUT2D eigenvalue weighted by molar-refractivity contribution is 0.297. The first-order valence-electron chi connectivity index (χ1n) is 5.29. The number of hydrogen-bond donors (Lipinski definition) is 1. The van der Waals surface area contributed by atoms with Gasteiger partial charge in [-0.15, -0.1) is 12.4 Å². The number of likely N-dealkylation sites (tertiary alicyclic amines) is 1. The highest BCUT2D eigenvalue weighted by atomic mass is 35.5. The van der Waals surface area contributed by atoms with Crippen LogP contribution in [0.2, 0.25) is 0 Å². The fourth-order valence-corrected chi connectivity index (χ4v) is 2.01. The minimum atomic E-state index is 0. The van der Waals surface area contributed by atoms with Gasteiger partial charge in [-0.3, -0.25) is 0 Å². The van der Waals surface area contributed by atoms with Crippen molar-refractivity contribution in [1.29, 1.82) is 0 Å². The van der Waals surface area contributed by atoms with Crippen molar-refractivity contribution >= 4 is 12.4 Å². The predicted octanol–water partition coefficient (Wildman–Crippen LogP) is 1.89. The zero-order valence-corrected chi connectivity index (χ0v) is 9.93. The minimum Gasteiger partial charge on any atom is -0.468 e. The third kappa shape index (κ3) is 3.52. The molecule has 1 saturated heterocycles. The van der Waals surface area contributed by atoms with Crippen LogP contribution >= 0.6 is 12.4 Å². The van der Waals surface area contributed by atoms with Gasteiger partial charge in [0.1, 0.15) is 5.76 Å². The van der Waals surface area contributed by atoms with E-state index in [1.807, 2.05) is 12.1 Å². The smallest absolute Gasteiger partial charge is 0.117 e. The fraction of sp³-hybridized carbons (Fsp3) is 0.636. The van der Waals surface area contributed by atoms with E-state index in [-0.39, 0.29) is 12.4 Å². The van der Waals surface area contributed by atoms with Crippen molar-refractivity contribution in [2.24, 2.45) is 0 Å². The number of likely N-dealkylation sites (N-methyl/N-ethyl adjacent to an activating group) is 1. The molecule has 0 spiro atoms. The maximum absolute atomic E-state index is 5.25. The topological polar surface area (TPSA) is 28.4 Å². The van der Waals surface area contributed by atoms with Crippen LogP contribution in [-0.2, 0) is 6.54 Å². The van der Waals surface area contributed by atoms with Crippen molar-refractivity contribution in [3.63, 3.8) is 0 Å². The number of nitrogens with one attached hydrogen (secondary N) is 1. The lowest BCUT2D eigenvalue weighted by atomic mass is 10.2. The number of hydrogen-bond acceptors (Lipinski definition) is 3. The molecule has 1 aliphatic heterocycles. The Labute approximate surface area is 97.2 Å². The van der Waals surface area contributed by atoms with Crippen LogP contribution in [0.1, 0.15) is 18.6 Å². The van der Waals surface area contributed by atoms with E-state index in [9.17, 15) is 0 Å². The standard InChI is InChI=1S/C11H18N2O.ClH/c1-13-6-2-4-10(13)8-12-9-11-5-3-7-14-11;/h3,5,7,10,12H,2,4,6,8-9H2,1H3;1H. The van der Waals surface area contributed by atoms with E-state index < -0.39 is 0 Å². The Hall–Kier alpha value is -0.510. The molecule has 1 unspecified atom stereocenters. The SMILES string of the molecule is CN1CCCC1CNCc1ccco1.Cl. The van der Waals surface area contributed by atoms with Crippen LogP contribution in [0.4, 0.5) is 0 Å². The molecule has 1 aliphatic rings. The van der Waals surface area contributed by atoms with Crippen LogP contribution < -0.4 is 5.32 Å². The van der Waals surface area contributed by atoms with Crippen LogP contribution in [0.15, 0.2) is 22.8 Å². The van der Waals surface area contributed by atoms with Crippen molar-refractivity contribution in [2.45, 2.75) is 25.4 Å². The molecule has 15 heavy (non-hydrogen) atoms. The molecule has 86 valence electrons. The quantitative estimate of drug-likeness (QED) is 0.857. The molecule has 1 atom stereocenters. The lowest BCUT2D eigenvalue weighted by Crippen LogP contribution is -2.35. The summed E-state index contributed by atoms with van der Waals surface area (Å²) in [7, 11) is 2.20. The minimum absolute atomic E-state index is 0. The van der Waals surface area contributed by atoms with Crippen LogP contribution in [0, 0.1) is 0 Å². The summed E-state index contributed by atoms with van der Waals surface area (Å²) in [4.78, 5) is 2.43. The summed E-state index contributed by atoms with van der Waals surface area (Å²) in [5, 5.41) is 3.42. The summed E-state index contributed by atoms with van der Waals surface area (Å²) in [6.45, 7) is 3.15. The van der Waals surface area contributed by atoms with Gasteiger partial charge in [-0.1, -0.05) is 0 Å². The highest BCUT2D eigenvalue weighted by molar-refractivity contribution is 5.85. The molecular formula is C11H19ClN2O. The first kappa shape index (κ1) is 12.6. The molecule has 1 fully saturated rings. The number of halogens is 1. The van der Waals surface area contributed by atoms with E-state index >= 15 is 0 Å². The Morgan fingerprint density at radius 2 is 2.47 bits per heavy atom. The molecule has 2 heterocycles. The molecule has 1 N–H and O–H groups in total. The summed E-state index contributed by atoms with van der Waals surface area (Å²) >= 11 is 0. The van der Waals surface area contributed by atoms with Gasteiger partial charge in [0, 0.05) is 12.6 Å². The van der Waals surface area contributed by atoms with Crippen LogP contribution in [-0.4, -0.2) is 31.1 Å². The molecule has 0 saturated carbocycles. The summed E-state index contributed by atoms with van der Waals surface area (Å²) < 4.78 is 5.25. The van der Waals surface area contributed by atoms with E-state index in [1.165, 1.54) is 19.4 Å². The Morgan fingerprint density at radius 1 is 1.60 bits per heavy atom. The Morgan fingerprint density at radius 3 is 3.07 bits per heavy atom. The molecule has 0 aliphatic carbocycles. The van der Waals surface area contributed by atoms with Crippen molar-refractivity contribution in [2.75, 3.05) is 20.1 Å². The van der Waals surface area contributed by atoms with Gasteiger partial charge >= 0.3 is 0 Å². The molecule has 2 rings (SSSR count). The molecule has 1 aromatic heterocycles. The largest absolute Gasteiger partial charge is 0.468 e. The first-order valence-corrected chi connectivity index (χ1v) is 5.29. The van der Waals surface area contributed by atoms with Crippen LogP contribution in [0.5, 0.6) is 0 Å². The molecule has 1 aromatic rings. The normalized spacial score (nSPS) is 21.5. The molecule has 0 amide bonds. The average Bonchev–Trinajstić information content (AvgIpc) is 2.78. The molecule has 0 radical (unpaired) electrons. The summed E-state index contributed by atoms with van der Waals surface area (Å²) in [6, 6.07) is 4.65. The van der Waals surface area contributed by atoms with Gasteiger partial charge in [0.2, 0.25) is 0 Å². The Balaban J connectivity index is 0.00000112. The second-order valence-corrected chi connectivity index (χ2v) is 3.99. The van der Waals surface area contributed by atoms with Crippen molar-refractivity contribution in [3.05, 3.63) is 24.2 Å². The molecule has 0 bridgehead atoms. The van der Waals surface area contributed by atoms with E-state index in [1.54, 1.807) is 6.26 Å². The Kier molecular flexibility index (Phi) is 5.15. The van der Waals surface area contributed by atoms with E-state index in [0.29, 0.717) is 6.04 Å². The zero-order valence-electron chi connectivity index (χ0n) is 9.11. The van der Waals surface area contributed by atoms with Gasteiger partial charge in [-0.05, 0) is 38.6 Å². The van der Waals surface area contributed by atoms with Gasteiger partial charge in [0.25, 0.3) is 0 Å². The average molecular weight is 231 g/mol. The lowest BCUT2D eigenvalue weighted by Gasteiger charge is -2.19. The van der Waals surface area contributed by atoms with Crippen molar-refractivity contribution in [1.82, 2.24) is 10.2 Å². The van der Waals surface area contributed by atoms with Gasteiger partial charge in [-0.2, -0.15) is 0 Å². The third-order valence-corrected chi connectivity index (χ3v) is 2.93. The highest BCUT2D eigenvalue weighted by Crippen LogP contribution is 2.13. The molecule has 3 nitrogen and oxygen atoms in total. The Bertz CT molecular complexity index is 264. The second kappa shape index (κ2) is 6.16. The van der Waals surface area contributed by atoms with Crippen LogP contribution in [0.3, 0.4) is 0 Å². The van der Waals surface area contributed by atoms with Crippen LogP contribution in [0.25, 0.3) is 0 Å². The molecule has 0 aromatic carbocycles. The zero-order chi connectivity index (χ0) is 9.80. The molecule has 4 heteroatoms. The fourth-order valence-electron chi connectivity index (χ4n) is 2.01. The van der Waals surface area contributed by atoms with E-state index in [4.69, 9.17) is 4.42 Å². The van der Waals surface area contributed by atoms with Gasteiger partial charge in [0.05, 0.1) is 12.8 Å². The number of rotatable bonds is 4. The first-order chi connectivity index (χ1) is 6.86. The second-order valence-electron chi connectivity index (χ2n) is 3.99. The maximum Gasteiger partial charge on any atom is 0.117 e.